The van der Waals surface area contributed by atoms with Crippen molar-refractivity contribution in [1.82, 2.24) is 0 Å². The lowest BCUT2D eigenvalue weighted by Gasteiger charge is -2.28. The molecular weight excluding hydrogens is 208 g/mol. The quantitative estimate of drug-likeness (QED) is 0.786. The molecule has 0 saturated carbocycles. The number of hydrogen-bond acceptors (Lipinski definition) is 1. The zero-order valence-corrected chi connectivity index (χ0v) is 9.71. The van der Waals surface area contributed by atoms with E-state index in [2.05, 4.69) is 36.4 Å². The Morgan fingerprint density at radius 1 is 0.882 bits per heavy atom. The van der Waals surface area contributed by atoms with Gasteiger partial charge in [-0.1, -0.05) is 54.6 Å². The van der Waals surface area contributed by atoms with Gasteiger partial charge in [0.15, 0.2) is 0 Å². The molecule has 0 fully saturated rings. The number of benzene rings is 2. The molecule has 1 N–H and O–H groups in total. The maximum absolute atomic E-state index is 10.2. The third-order valence-corrected chi connectivity index (χ3v) is 3.66. The number of hydrogen-bond donors (Lipinski definition) is 1. The van der Waals surface area contributed by atoms with Crippen molar-refractivity contribution in [3.05, 3.63) is 71.3 Å². The van der Waals surface area contributed by atoms with Crippen LogP contribution < -0.4 is 0 Å². The molecule has 0 aliphatic heterocycles. The smallest absolute Gasteiger partial charge is 0.0798 e. The van der Waals surface area contributed by atoms with E-state index in [0.717, 1.165) is 18.4 Å². The van der Waals surface area contributed by atoms with Crippen LogP contribution in [0.3, 0.4) is 0 Å². The standard InChI is InChI=1S/C16H16O/c17-16-11-14(12-6-2-1-3-7-12)10-13-8-4-5-9-15(13)16/h1-9,14,16-17H,10-11H2/t14-,16-/m0/s1. The SMILES string of the molecule is O[C@H]1C[C@@H](c2ccccc2)Cc2ccccc21. The molecule has 0 unspecified atom stereocenters. The fourth-order valence-electron chi connectivity index (χ4n) is 2.77. The van der Waals surface area contributed by atoms with Crippen LogP contribution in [-0.2, 0) is 6.42 Å². The van der Waals surface area contributed by atoms with Crippen LogP contribution >= 0.6 is 0 Å². The van der Waals surface area contributed by atoms with Crippen LogP contribution in [0.4, 0.5) is 0 Å². The highest BCUT2D eigenvalue weighted by Crippen LogP contribution is 2.38. The molecule has 1 heteroatoms. The average Bonchev–Trinajstić information content (AvgIpc) is 2.40. The van der Waals surface area contributed by atoms with Gasteiger partial charge in [-0.3, -0.25) is 0 Å². The van der Waals surface area contributed by atoms with E-state index in [9.17, 15) is 5.11 Å². The second-order valence-corrected chi connectivity index (χ2v) is 4.76. The van der Waals surface area contributed by atoms with E-state index in [1.165, 1.54) is 11.1 Å². The van der Waals surface area contributed by atoms with Crippen molar-refractivity contribution in [3.8, 4) is 0 Å². The second-order valence-electron chi connectivity index (χ2n) is 4.76. The van der Waals surface area contributed by atoms with E-state index in [1.807, 2.05) is 18.2 Å². The van der Waals surface area contributed by atoms with Gasteiger partial charge in [-0.05, 0) is 35.4 Å². The van der Waals surface area contributed by atoms with Crippen LogP contribution in [-0.4, -0.2) is 5.11 Å². The molecule has 0 heterocycles. The molecule has 2 atom stereocenters. The van der Waals surface area contributed by atoms with Gasteiger partial charge in [-0.25, -0.2) is 0 Å². The molecule has 17 heavy (non-hydrogen) atoms. The monoisotopic (exact) mass is 224 g/mol. The lowest BCUT2D eigenvalue weighted by Crippen LogP contribution is -2.17. The largest absolute Gasteiger partial charge is 0.388 e. The van der Waals surface area contributed by atoms with Crippen LogP contribution in [0.1, 0.15) is 35.1 Å². The molecule has 0 aromatic heterocycles. The summed E-state index contributed by atoms with van der Waals surface area (Å²) in [5.74, 6) is 0.445. The predicted octanol–water partition coefficient (Wildman–Crippen LogP) is 3.45. The Morgan fingerprint density at radius 2 is 1.59 bits per heavy atom. The summed E-state index contributed by atoms with van der Waals surface area (Å²) in [7, 11) is 0. The second kappa shape index (κ2) is 4.34. The molecular formula is C16H16O. The summed E-state index contributed by atoms with van der Waals surface area (Å²) in [4.78, 5) is 0. The molecule has 0 amide bonds. The van der Waals surface area contributed by atoms with E-state index in [-0.39, 0.29) is 6.10 Å². The molecule has 2 aromatic carbocycles. The van der Waals surface area contributed by atoms with E-state index < -0.39 is 0 Å². The molecule has 0 spiro atoms. The molecule has 0 radical (unpaired) electrons. The van der Waals surface area contributed by atoms with Gasteiger partial charge >= 0.3 is 0 Å². The van der Waals surface area contributed by atoms with Crippen molar-refractivity contribution < 1.29 is 5.11 Å². The van der Waals surface area contributed by atoms with Crippen LogP contribution in [0.2, 0.25) is 0 Å². The van der Waals surface area contributed by atoms with Gasteiger partial charge in [-0.15, -0.1) is 0 Å². The summed E-state index contributed by atoms with van der Waals surface area (Å²) < 4.78 is 0. The van der Waals surface area contributed by atoms with Gasteiger partial charge in [0.25, 0.3) is 0 Å². The third-order valence-electron chi connectivity index (χ3n) is 3.66. The van der Waals surface area contributed by atoms with E-state index in [1.54, 1.807) is 0 Å². The van der Waals surface area contributed by atoms with Crippen molar-refractivity contribution in [3.63, 3.8) is 0 Å². The summed E-state index contributed by atoms with van der Waals surface area (Å²) in [6, 6.07) is 18.7. The average molecular weight is 224 g/mol. The predicted molar refractivity (Wildman–Crippen MR) is 68.9 cm³/mol. The van der Waals surface area contributed by atoms with Crippen molar-refractivity contribution in [2.45, 2.75) is 24.9 Å². The van der Waals surface area contributed by atoms with E-state index in [0.29, 0.717) is 5.92 Å². The first-order valence-corrected chi connectivity index (χ1v) is 6.15. The Balaban J connectivity index is 1.94. The maximum atomic E-state index is 10.2. The molecule has 1 nitrogen and oxygen atoms in total. The Kier molecular flexibility index (Phi) is 2.69. The number of aliphatic hydroxyl groups excluding tert-OH is 1. The first kappa shape index (κ1) is 10.5. The van der Waals surface area contributed by atoms with E-state index >= 15 is 0 Å². The molecule has 86 valence electrons. The lowest BCUT2D eigenvalue weighted by molar-refractivity contribution is 0.147. The fourth-order valence-corrected chi connectivity index (χ4v) is 2.77. The normalized spacial score (nSPS) is 23.1. The van der Waals surface area contributed by atoms with Gasteiger partial charge in [0.2, 0.25) is 0 Å². The van der Waals surface area contributed by atoms with Gasteiger partial charge in [0, 0.05) is 0 Å². The summed E-state index contributed by atoms with van der Waals surface area (Å²) in [6.45, 7) is 0. The third kappa shape index (κ3) is 1.98. The Hall–Kier alpha value is -1.60. The van der Waals surface area contributed by atoms with Crippen LogP contribution in [0.15, 0.2) is 54.6 Å². The Bertz CT molecular complexity index is 504. The van der Waals surface area contributed by atoms with Gasteiger partial charge < -0.3 is 5.11 Å². The highest BCUT2D eigenvalue weighted by Gasteiger charge is 2.25. The minimum absolute atomic E-state index is 0.315. The summed E-state index contributed by atoms with van der Waals surface area (Å²) >= 11 is 0. The van der Waals surface area contributed by atoms with Crippen LogP contribution in [0, 0.1) is 0 Å². The fraction of sp³-hybridized carbons (Fsp3) is 0.250. The van der Waals surface area contributed by atoms with Crippen LogP contribution in [0.25, 0.3) is 0 Å². The first-order chi connectivity index (χ1) is 8.34. The zero-order chi connectivity index (χ0) is 11.7. The maximum Gasteiger partial charge on any atom is 0.0798 e. The lowest BCUT2D eigenvalue weighted by atomic mass is 9.79. The van der Waals surface area contributed by atoms with Crippen LogP contribution in [0.5, 0.6) is 0 Å². The Labute approximate surface area is 102 Å². The van der Waals surface area contributed by atoms with Gasteiger partial charge in [0.1, 0.15) is 0 Å². The molecule has 2 aromatic rings. The van der Waals surface area contributed by atoms with Gasteiger partial charge in [-0.2, -0.15) is 0 Å². The highest BCUT2D eigenvalue weighted by molar-refractivity contribution is 5.35. The van der Waals surface area contributed by atoms with Gasteiger partial charge in [0.05, 0.1) is 6.10 Å². The highest BCUT2D eigenvalue weighted by atomic mass is 16.3. The first-order valence-electron chi connectivity index (χ1n) is 6.15. The zero-order valence-electron chi connectivity index (χ0n) is 9.71. The molecule has 1 aliphatic carbocycles. The summed E-state index contributed by atoms with van der Waals surface area (Å²) in [5.41, 5.74) is 3.74. The summed E-state index contributed by atoms with van der Waals surface area (Å²) in [6.07, 6.45) is 1.56. The topological polar surface area (TPSA) is 20.2 Å². The number of aliphatic hydroxyl groups is 1. The van der Waals surface area contributed by atoms with Crippen molar-refractivity contribution in [2.24, 2.45) is 0 Å². The van der Waals surface area contributed by atoms with Crippen molar-refractivity contribution >= 4 is 0 Å². The Morgan fingerprint density at radius 3 is 2.41 bits per heavy atom. The minimum atomic E-state index is -0.315. The number of fused-ring (bicyclic) bond motifs is 1. The summed E-state index contributed by atoms with van der Waals surface area (Å²) in [5, 5.41) is 10.2. The molecule has 3 rings (SSSR count). The van der Waals surface area contributed by atoms with E-state index in [4.69, 9.17) is 0 Å². The molecule has 1 aliphatic rings. The van der Waals surface area contributed by atoms with Crippen molar-refractivity contribution in [1.29, 1.82) is 0 Å². The molecule has 0 saturated heterocycles. The molecule has 0 bridgehead atoms. The number of rotatable bonds is 1. The minimum Gasteiger partial charge on any atom is -0.388 e. The van der Waals surface area contributed by atoms with Crippen molar-refractivity contribution in [2.75, 3.05) is 0 Å².